The van der Waals surface area contributed by atoms with E-state index in [9.17, 15) is 9.90 Å². The first-order valence-electron chi connectivity index (χ1n) is 12.6. The third-order valence-electron chi connectivity index (χ3n) is 6.79. The largest absolute Gasteiger partial charge is 0.493 e. The molecule has 0 aliphatic carbocycles. The molecule has 3 heterocycles. The summed E-state index contributed by atoms with van der Waals surface area (Å²) in [6.45, 7) is 1.95. The lowest BCUT2D eigenvalue weighted by Gasteiger charge is -2.12. The molecule has 0 unspecified atom stereocenters. The number of nitrogens with zero attached hydrogens (tertiary/aromatic N) is 3. The van der Waals surface area contributed by atoms with E-state index < -0.39 is 11.7 Å². The number of nitrogen functional groups attached to an aromatic ring is 1. The quantitative estimate of drug-likeness (QED) is 0.186. The number of rotatable bonds is 7. The summed E-state index contributed by atoms with van der Waals surface area (Å²) in [7, 11) is 3.15. The summed E-state index contributed by atoms with van der Waals surface area (Å²) in [5, 5.41) is 15.0. The van der Waals surface area contributed by atoms with Gasteiger partial charge >= 0.3 is 11.6 Å². The Kier molecular flexibility index (Phi) is 6.60. The van der Waals surface area contributed by atoms with Gasteiger partial charge in [-0.25, -0.2) is 4.98 Å². The lowest BCUT2D eigenvalue weighted by Crippen LogP contribution is -2.38. The van der Waals surface area contributed by atoms with Crippen LogP contribution in [0.4, 0.5) is 5.69 Å². The zero-order chi connectivity index (χ0) is 28.7. The third-order valence-corrected chi connectivity index (χ3v) is 7.88. The van der Waals surface area contributed by atoms with Crippen molar-refractivity contribution in [2.45, 2.75) is 6.92 Å². The number of carbonyl (C=O) groups excluding carboxylic acids is 1. The standard InChI is InChI=1S/C31H24N4O5S/c1-17-9-12-20(13-10-17)35-27(31(37)40-34-35)28(36)29-26(32)25-21(19-11-14-23(38-2)24(15-19)39-3)16-22(33-30(25)41-29)18-7-5-4-6-8-18/h4-16H,1-3H3,(H2-,32,34,36,37)/p+1. The number of hydrogen-bond donors (Lipinski definition) is 2. The number of ketones is 1. The van der Waals surface area contributed by atoms with E-state index in [4.69, 9.17) is 24.7 Å². The van der Waals surface area contributed by atoms with E-state index >= 15 is 0 Å². The van der Waals surface area contributed by atoms with Crippen LogP contribution in [0.25, 0.3) is 38.3 Å². The molecule has 9 nitrogen and oxygen atoms in total. The van der Waals surface area contributed by atoms with Gasteiger partial charge in [-0.05, 0) is 36.2 Å². The molecule has 3 aromatic carbocycles. The number of carbonyl (C=O) groups is 1. The Morgan fingerprint density at radius 3 is 2.39 bits per heavy atom. The number of aromatic nitrogens is 3. The maximum absolute atomic E-state index is 14.0. The molecule has 0 radical (unpaired) electrons. The van der Waals surface area contributed by atoms with Crippen LogP contribution in [0.1, 0.15) is 20.9 Å². The van der Waals surface area contributed by atoms with E-state index in [1.54, 1.807) is 26.4 Å². The highest BCUT2D eigenvalue weighted by atomic mass is 32.1. The molecule has 0 aliphatic heterocycles. The zero-order valence-corrected chi connectivity index (χ0v) is 23.2. The highest BCUT2D eigenvalue weighted by molar-refractivity contribution is 7.21. The van der Waals surface area contributed by atoms with E-state index in [1.807, 2.05) is 73.7 Å². The van der Waals surface area contributed by atoms with Crippen molar-refractivity contribution < 1.29 is 28.6 Å². The van der Waals surface area contributed by atoms with Crippen LogP contribution in [-0.2, 0) is 0 Å². The molecule has 0 bridgehead atoms. The number of benzene rings is 3. The minimum absolute atomic E-state index is 0.136. The summed E-state index contributed by atoms with van der Waals surface area (Å²) < 4.78 is 17.3. The van der Waals surface area contributed by atoms with Crippen molar-refractivity contribution in [3.8, 4) is 45.5 Å². The van der Waals surface area contributed by atoms with Gasteiger partial charge in [-0.1, -0.05) is 54.1 Å². The number of methoxy groups -OCH3 is 2. The van der Waals surface area contributed by atoms with Gasteiger partial charge in [-0.2, -0.15) is 0 Å². The first-order valence-corrected chi connectivity index (χ1v) is 13.4. The summed E-state index contributed by atoms with van der Waals surface area (Å²) in [5.41, 5.74) is 11.6. The van der Waals surface area contributed by atoms with Gasteiger partial charge in [0.25, 0.3) is 5.78 Å². The second kappa shape index (κ2) is 10.4. The second-order valence-electron chi connectivity index (χ2n) is 9.32. The van der Waals surface area contributed by atoms with Crippen LogP contribution in [0.2, 0.25) is 0 Å². The molecular formula is C31H25N4O5S+. The number of anilines is 1. The van der Waals surface area contributed by atoms with Crippen LogP contribution in [0.15, 0.2) is 83.4 Å². The van der Waals surface area contributed by atoms with Crippen LogP contribution < -0.4 is 19.9 Å². The molecule has 0 saturated carbocycles. The molecule has 0 fully saturated rings. The molecule has 0 spiro atoms. The molecule has 0 saturated heterocycles. The SMILES string of the molecule is COc1ccc(-c2cc(-c3ccccc3)nc3sc(C(=O)c4c(O)on[n+]4-c4ccc(C)cc4)c(N)c23)cc1OC. The van der Waals surface area contributed by atoms with Crippen molar-refractivity contribution in [1.29, 1.82) is 0 Å². The van der Waals surface area contributed by atoms with Gasteiger partial charge in [-0.3, -0.25) is 9.32 Å². The third kappa shape index (κ3) is 4.53. The van der Waals surface area contributed by atoms with Gasteiger partial charge in [0.2, 0.25) is 11.0 Å². The van der Waals surface area contributed by atoms with Gasteiger partial charge in [0.05, 0.1) is 25.6 Å². The maximum Gasteiger partial charge on any atom is 0.393 e. The van der Waals surface area contributed by atoms with Gasteiger partial charge < -0.3 is 20.3 Å². The van der Waals surface area contributed by atoms with Crippen LogP contribution in [0.5, 0.6) is 17.4 Å². The van der Waals surface area contributed by atoms with E-state index in [0.717, 1.165) is 33.6 Å². The van der Waals surface area contributed by atoms with Crippen molar-refractivity contribution >= 4 is 33.0 Å². The normalized spacial score (nSPS) is 11.1. The van der Waals surface area contributed by atoms with Gasteiger partial charge in [0.15, 0.2) is 11.5 Å². The Bertz CT molecular complexity index is 1910. The molecule has 3 aromatic heterocycles. The van der Waals surface area contributed by atoms with Gasteiger partial charge in [0, 0.05) is 27.8 Å². The lowest BCUT2D eigenvalue weighted by atomic mass is 9.98. The highest BCUT2D eigenvalue weighted by Crippen LogP contribution is 2.44. The van der Waals surface area contributed by atoms with Crippen molar-refractivity contribution in [1.82, 2.24) is 10.3 Å². The minimum atomic E-state index is -0.606. The number of hydrogen-bond acceptors (Lipinski definition) is 9. The minimum Gasteiger partial charge on any atom is -0.493 e. The van der Waals surface area contributed by atoms with Crippen molar-refractivity contribution in [3.63, 3.8) is 0 Å². The van der Waals surface area contributed by atoms with E-state index in [0.29, 0.717) is 33.1 Å². The van der Waals surface area contributed by atoms with Gasteiger partial charge in [-0.15, -0.1) is 11.3 Å². The first-order chi connectivity index (χ1) is 19.9. The second-order valence-corrected chi connectivity index (χ2v) is 10.3. The number of pyridine rings is 1. The number of ether oxygens (including phenoxy) is 2. The summed E-state index contributed by atoms with van der Waals surface area (Å²) in [6, 6.07) is 24.6. The molecule has 10 heteroatoms. The number of aryl methyl sites for hydroxylation is 1. The Morgan fingerprint density at radius 2 is 1.68 bits per heavy atom. The van der Waals surface area contributed by atoms with E-state index in [-0.39, 0.29) is 16.3 Å². The Hall–Kier alpha value is -5.22. The average Bonchev–Trinajstić information content (AvgIpc) is 3.56. The fourth-order valence-electron chi connectivity index (χ4n) is 4.70. The Balaban J connectivity index is 1.57. The highest BCUT2D eigenvalue weighted by Gasteiger charge is 2.37. The molecule has 6 aromatic rings. The number of nitrogens with two attached hydrogens (primary N) is 1. The number of thiophene rings is 1. The van der Waals surface area contributed by atoms with Crippen LogP contribution in [0.3, 0.4) is 0 Å². The van der Waals surface area contributed by atoms with Crippen molar-refractivity contribution in [2.24, 2.45) is 0 Å². The van der Waals surface area contributed by atoms with Crippen molar-refractivity contribution in [2.75, 3.05) is 20.0 Å². The lowest BCUT2D eigenvalue weighted by molar-refractivity contribution is -0.672. The van der Waals surface area contributed by atoms with Crippen LogP contribution in [0, 0.1) is 6.92 Å². The summed E-state index contributed by atoms with van der Waals surface area (Å²) in [4.78, 5) is 19.6. The van der Waals surface area contributed by atoms with Crippen LogP contribution >= 0.6 is 11.3 Å². The number of aromatic hydroxyl groups is 1. The zero-order valence-electron chi connectivity index (χ0n) is 22.4. The summed E-state index contributed by atoms with van der Waals surface area (Å²) >= 11 is 1.15. The molecule has 41 heavy (non-hydrogen) atoms. The van der Waals surface area contributed by atoms with Gasteiger partial charge in [0.1, 0.15) is 9.71 Å². The molecule has 3 N–H and O–H groups in total. The summed E-state index contributed by atoms with van der Waals surface area (Å²) in [6.07, 6.45) is 0. The maximum atomic E-state index is 14.0. The molecule has 0 aliphatic rings. The smallest absolute Gasteiger partial charge is 0.393 e. The summed E-state index contributed by atoms with van der Waals surface area (Å²) in [5.74, 6) is -0.00716. The molecule has 204 valence electrons. The molecule has 0 atom stereocenters. The first kappa shape index (κ1) is 26.0. The van der Waals surface area contributed by atoms with E-state index in [1.165, 1.54) is 4.68 Å². The predicted octanol–water partition coefficient (Wildman–Crippen LogP) is 5.74. The Morgan fingerprint density at radius 1 is 0.951 bits per heavy atom. The van der Waals surface area contributed by atoms with E-state index in [2.05, 4.69) is 5.27 Å². The average molecular weight is 566 g/mol. The Labute approximate surface area is 239 Å². The topological polar surface area (TPSA) is 125 Å². The molecule has 0 amide bonds. The van der Waals surface area contributed by atoms with Crippen molar-refractivity contribution in [3.05, 3.63) is 95.0 Å². The molecular weight excluding hydrogens is 540 g/mol. The molecule has 6 rings (SSSR count). The predicted molar refractivity (Wildman–Crippen MR) is 156 cm³/mol. The monoisotopic (exact) mass is 565 g/mol. The van der Waals surface area contributed by atoms with Crippen LogP contribution in [-0.4, -0.2) is 35.4 Å². The number of fused-ring (bicyclic) bond motifs is 1. The fourth-order valence-corrected chi connectivity index (χ4v) is 5.76. The fraction of sp³-hybridized carbons (Fsp3) is 0.0968.